The molecule has 2 nitrogen and oxygen atoms in total. The molecule has 3 heteroatoms. The molecule has 0 saturated heterocycles. The first kappa shape index (κ1) is 12.7. The summed E-state index contributed by atoms with van der Waals surface area (Å²) in [5.74, 6) is 0.894. The van der Waals surface area contributed by atoms with Crippen LogP contribution in [0.25, 0.3) is 10.9 Å². The number of nitrogens with one attached hydrogen (secondary N) is 1. The van der Waals surface area contributed by atoms with Crippen LogP contribution >= 0.6 is 0 Å². The molecular formula is C16H21FN2. The third-order valence-corrected chi connectivity index (χ3v) is 4.55. The summed E-state index contributed by atoms with van der Waals surface area (Å²) < 4.78 is 13.2. The van der Waals surface area contributed by atoms with Crippen LogP contribution in [0.2, 0.25) is 0 Å². The summed E-state index contributed by atoms with van der Waals surface area (Å²) in [5.41, 5.74) is 8.17. The largest absolute Gasteiger partial charge is 0.361 e. The van der Waals surface area contributed by atoms with E-state index in [0.717, 1.165) is 10.9 Å². The first-order chi connectivity index (χ1) is 9.29. The van der Waals surface area contributed by atoms with Gasteiger partial charge in [0.1, 0.15) is 5.82 Å². The molecule has 1 aliphatic carbocycles. The van der Waals surface area contributed by atoms with E-state index in [-0.39, 0.29) is 5.82 Å². The van der Waals surface area contributed by atoms with Gasteiger partial charge in [0.25, 0.3) is 0 Å². The van der Waals surface area contributed by atoms with Crippen molar-refractivity contribution in [1.82, 2.24) is 4.98 Å². The average Bonchev–Trinajstić information content (AvgIpc) is 2.84. The maximum atomic E-state index is 13.2. The van der Waals surface area contributed by atoms with Crippen molar-refractivity contribution in [3.63, 3.8) is 0 Å². The number of hydrogen-bond donors (Lipinski definition) is 2. The fraction of sp³-hybridized carbons (Fsp3) is 0.500. The molecule has 1 heterocycles. The predicted octanol–water partition coefficient (Wildman–Crippen LogP) is 3.93. The van der Waals surface area contributed by atoms with E-state index in [1.165, 1.54) is 43.7 Å². The summed E-state index contributed by atoms with van der Waals surface area (Å²) in [4.78, 5) is 3.19. The van der Waals surface area contributed by atoms with Crippen molar-refractivity contribution in [1.29, 1.82) is 0 Å². The molecule has 1 saturated carbocycles. The van der Waals surface area contributed by atoms with Crippen molar-refractivity contribution in [3.8, 4) is 0 Å². The number of aromatic amines is 1. The molecule has 1 aromatic carbocycles. The Hall–Kier alpha value is -1.35. The first-order valence-corrected chi connectivity index (χ1v) is 7.26. The van der Waals surface area contributed by atoms with E-state index in [0.29, 0.717) is 18.4 Å². The number of fused-ring (bicyclic) bond motifs is 1. The Labute approximate surface area is 113 Å². The van der Waals surface area contributed by atoms with Gasteiger partial charge in [-0.3, -0.25) is 0 Å². The molecule has 3 N–H and O–H groups in total. The maximum Gasteiger partial charge on any atom is 0.125 e. The lowest BCUT2D eigenvalue weighted by Crippen LogP contribution is -2.23. The number of benzene rings is 1. The van der Waals surface area contributed by atoms with Crippen LogP contribution in [-0.4, -0.2) is 11.5 Å². The van der Waals surface area contributed by atoms with E-state index in [9.17, 15) is 4.39 Å². The second-order valence-corrected chi connectivity index (χ2v) is 5.67. The van der Waals surface area contributed by atoms with E-state index in [4.69, 9.17) is 5.73 Å². The third kappa shape index (κ3) is 2.39. The second-order valence-electron chi connectivity index (χ2n) is 5.67. The Bertz CT molecular complexity index is 555. The van der Waals surface area contributed by atoms with Crippen LogP contribution in [0.15, 0.2) is 24.4 Å². The normalized spacial score (nSPS) is 18.8. The number of halogens is 1. The molecule has 1 aliphatic rings. The quantitative estimate of drug-likeness (QED) is 0.862. The van der Waals surface area contributed by atoms with Crippen molar-refractivity contribution in [2.75, 3.05) is 6.54 Å². The summed E-state index contributed by atoms with van der Waals surface area (Å²) in [7, 11) is 0. The molecule has 0 amide bonds. The molecule has 2 aromatic rings. The molecule has 0 spiro atoms. The average molecular weight is 260 g/mol. The minimum atomic E-state index is -0.192. The summed E-state index contributed by atoms with van der Waals surface area (Å²) >= 11 is 0. The lowest BCUT2D eigenvalue weighted by atomic mass is 9.77. The standard InChI is InChI=1S/C16H21FN2/c17-12-6-7-13-15(10-19-16(13)8-12)14(9-18)11-4-2-1-3-5-11/h6-8,10-11,14,19H,1-5,9,18H2. The van der Waals surface area contributed by atoms with Gasteiger partial charge >= 0.3 is 0 Å². The minimum absolute atomic E-state index is 0.192. The van der Waals surface area contributed by atoms with Gasteiger partial charge in [0.15, 0.2) is 0 Å². The molecule has 1 aromatic heterocycles. The SMILES string of the molecule is NCC(c1c[nH]c2cc(F)ccc12)C1CCCCC1. The van der Waals surface area contributed by atoms with Crippen LogP contribution < -0.4 is 5.73 Å². The van der Waals surface area contributed by atoms with Crippen LogP contribution in [0.1, 0.15) is 43.6 Å². The van der Waals surface area contributed by atoms with Gasteiger partial charge in [0.05, 0.1) is 0 Å². The zero-order chi connectivity index (χ0) is 13.2. The summed E-state index contributed by atoms with van der Waals surface area (Å²) in [6.07, 6.45) is 8.56. The van der Waals surface area contributed by atoms with Gasteiger partial charge in [-0.05, 0) is 49.1 Å². The minimum Gasteiger partial charge on any atom is -0.361 e. The van der Waals surface area contributed by atoms with Crippen LogP contribution in [-0.2, 0) is 0 Å². The van der Waals surface area contributed by atoms with Crippen molar-refractivity contribution in [2.24, 2.45) is 11.7 Å². The molecule has 1 fully saturated rings. The van der Waals surface area contributed by atoms with Gasteiger partial charge in [-0.1, -0.05) is 19.3 Å². The number of nitrogens with two attached hydrogens (primary N) is 1. The lowest BCUT2D eigenvalue weighted by molar-refractivity contribution is 0.308. The fourth-order valence-corrected chi connectivity index (χ4v) is 3.54. The van der Waals surface area contributed by atoms with Crippen molar-refractivity contribution >= 4 is 10.9 Å². The van der Waals surface area contributed by atoms with Gasteiger partial charge in [0.2, 0.25) is 0 Å². The van der Waals surface area contributed by atoms with E-state index >= 15 is 0 Å². The zero-order valence-electron chi connectivity index (χ0n) is 11.2. The molecule has 19 heavy (non-hydrogen) atoms. The van der Waals surface area contributed by atoms with Gasteiger partial charge in [-0.25, -0.2) is 4.39 Å². The van der Waals surface area contributed by atoms with E-state index < -0.39 is 0 Å². The highest BCUT2D eigenvalue weighted by Crippen LogP contribution is 2.38. The smallest absolute Gasteiger partial charge is 0.125 e. The Kier molecular flexibility index (Phi) is 3.56. The maximum absolute atomic E-state index is 13.2. The third-order valence-electron chi connectivity index (χ3n) is 4.55. The van der Waals surface area contributed by atoms with Gasteiger partial charge in [0, 0.05) is 23.0 Å². The molecule has 1 atom stereocenters. The first-order valence-electron chi connectivity index (χ1n) is 7.26. The number of aromatic nitrogens is 1. The lowest BCUT2D eigenvalue weighted by Gasteiger charge is -2.29. The molecule has 0 radical (unpaired) electrons. The van der Waals surface area contributed by atoms with Gasteiger partial charge in [-0.15, -0.1) is 0 Å². The highest BCUT2D eigenvalue weighted by Gasteiger charge is 2.25. The molecule has 1 unspecified atom stereocenters. The van der Waals surface area contributed by atoms with E-state index in [1.54, 1.807) is 6.07 Å². The Balaban J connectivity index is 1.96. The van der Waals surface area contributed by atoms with Crippen molar-refractivity contribution in [2.45, 2.75) is 38.0 Å². The number of rotatable bonds is 3. The number of hydrogen-bond acceptors (Lipinski definition) is 1. The summed E-state index contributed by atoms with van der Waals surface area (Å²) in [6.45, 7) is 0.676. The summed E-state index contributed by atoms with van der Waals surface area (Å²) in [5, 5.41) is 1.13. The Morgan fingerprint density at radius 1 is 1.26 bits per heavy atom. The number of H-pyrrole nitrogens is 1. The molecule has 0 bridgehead atoms. The fourth-order valence-electron chi connectivity index (χ4n) is 3.54. The highest BCUT2D eigenvalue weighted by atomic mass is 19.1. The highest BCUT2D eigenvalue weighted by molar-refractivity contribution is 5.83. The van der Waals surface area contributed by atoms with Crippen LogP contribution in [0.5, 0.6) is 0 Å². The Morgan fingerprint density at radius 2 is 2.05 bits per heavy atom. The molecule has 3 rings (SSSR count). The van der Waals surface area contributed by atoms with Gasteiger partial charge < -0.3 is 10.7 Å². The van der Waals surface area contributed by atoms with Crippen LogP contribution in [0.3, 0.4) is 0 Å². The van der Waals surface area contributed by atoms with Crippen LogP contribution in [0, 0.1) is 11.7 Å². The second kappa shape index (κ2) is 5.33. The van der Waals surface area contributed by atoms with E-state index in [1.807, 2.05) is 12.3 Å². The molecule has 0 aliphatic heterocycles. The topological polar surface area (TPSA) is 41.8 Å². The van der Waals surface area contributed by atoms with Gasteiger partial charge in [-0.2, -0.15) is 0 Å². The monoisotopic (exact) mass is 260 g/mol. The zero-order valence-corrected chi connectivity index (χ0v) is 11.2. The van der Waals surface area contributed by atoms with Crippen molar-refractivity contribution < 1.29 is 4.39 Å². The molecular weight excluding hydrogens is 239 g/mol. The van der Waals surface area contributed by atoms with E-state index in [2.05, 4.69) is 4.98 Å². The predicted molar refractivity (Wildman–Crippen MR) is 76.6 cm³/mol. The molecule has 102 valence electrons. The van der Waals surface area contributed by atoms with Crippen molar-refractivity contribution in [3.05, 3.63) is 35.8 Å². The summed E-state index contributed by atoms with van der Waals surface area (Å²) in [6, 6.07) is 4.98. The Morgan fingerprint density at radius 3 is 2.79 bits per heavy atom. The van der Waals surface area contributed by atoms with Crippen LogP contribution in [0.4, 0.5) is 4.39 Å².